The van der Waals surface area contributed by atoms with E-state index in [0.29, 0.717) is 19.2 Å². The highest BCUT2D eigenvalue weighted by atomic mass is 16.5. The summed E-state index contributed by atoms with van der Waals surface area (Å²) in [7, 11) is 2.06. The minimum atomic E-state index is -0.465. The molecule has 0 aliphatic carbocycles. The van der Waals surface area contributed by atoms with Gasteiger partial charge in [0, 0.05) is 25.8 Å². The molecule has 2 rings (SSSR count). The lowest BCUT2D eigenvalue weighted by Crippen LogP contribution is -2.42. The molecule has 1 fully saturated rings. The van der Waals surface area contributed by atoms with Gasteiger partial charge in [-0.05, 0) is 32.0 Å². The highest BCUT2D eigenvalue weighted by molar-refractivity contribution is 5.20. The van der Waals surface area contributed by atoms with Crippen LogP contribution in [-0.4, -0.2) is 55.6 Å². The second kappa shape index (κ2) is 7.48. The first-order chi connectivity index (χ1) is 9.25. The fraction of sp³-hybridized carbons (Fsp3) is 0.600. The number of rotatable bonds is 6. The summed E-state index contributed by atoms with van der Waals surface area (Å²) in [5.74, 6) is 0.801. The first-order valence-corrected chi connectivity index (χ1v) is 6.89. The van der Waals surface area contributed by atoms with Crippen molar-refractivity contribution in [3.63, 3.8) is 0 Å². The van der Waals surface area contributed by atoms with E-state index in [1.807, 2.05) is 30.3 Å². The number of benzene rings is 1. The van der Waals surface area contributed by atoms with Gasteiger partial charge >= 0.3 is 0 Å². The van der Waals surface area contributed by atoms with Gasteiger partial charge in [-0.3, -0.25) is 0 Å². The molecule has 1 heterocycles. The molecule has 1 aromatic rings. The molecule has 4 heteroatoms. The van der Waals surface area contributed by atoms with Crippen LogP contribution in [0.3, 0.4) is 0 Å². The molecule has 0 spiro atoms. The fourth-order valence-electron chi connectivity index (χ4n) is 2.37. The van der Waals surface area contributed by atoms with Crippen molar-refractivity contribution < 1.29 is 14.6 Å². The number of hydrogen-bond acceptors (Lipinski definition) is 4. The number of hydrogen-bond donors (Lipinski definition) is 1. The monoisotopic (exact) mass is 265 g/mol. The van der Waals surface area contributed by atoms with Crippen LogP contribution in [0.25, 0.3) is 0 Å². The fourth-order valence-corrected chi connectivity index (χ4v) is 2.37. The molecular formula is C15H23NO3. The molecule has 1 saturated heterocycles. The lowest BCUT2D eigenvalue weighted by molar-refractivity contribution is 0.0159. The second-order valence-electron chi connectivity index (χ2n) is 5.06. The van der Waals surface area contributed by atoms with Gasteiger partial charge in [-0.25, -0.2) is 0 Å². The van der Waals surface area contributed by atoms with Crippen molar-refractivity contribution in [2.75, 3.05) is 33.4 Å². The van der Waals surface area contributed by atoms with E-state index in [-0.39, 0.29) is 0 Å². The van der Waals surface area contributed by atoms with E-state index in [4.69, 9.17) is 9.47 Å². The van der Waals surface area contributed by atoms with Crippen molar-refractivity contribution in [2.24, 2.45) is 0 Å². The third kappa shape index (κ3) is 4.82. The van der Waals surface area contributed by atoms with Crippen LogP contribution in [0.15, 0.2) is 30.3 Å². The maximum Gasteiger partial charge on any atom is 0.119 e. The highest BCUT2D eigenvalue weighted by Gasteiger charge is 2.20. The quantitative estimate of drug-likeness (QED) is 0.847. The third-order valence-electron chi connectivity index (χ3n) is 3.50. The Morgan fingerprint density at radius 3 is 2.68 bits per heavy atom. The van der Waals surface area contributed by atoms with Gasteiger partial charge in [-0.1, -0.05) is 18.2 Å². The summed E-state index contributed by atoms with van der Waals surface area (Å²) in [5, 5.41) is 10.0. The smallest absolute Gasteiger partial charge is 0.119 e. The molecule has 0 radical (unpaired) electrons. The topological polar surface area (TPSA) is 41.9 Å². The Labute approximate surface area is 114 Å². The van der Waals surface area contributed by atoms with Gasteiger partial charge in [-0.15, -0.1) is 0 Å². The van der Waals surface area contributed by atoms with E-state index >= 15 is 0 Å². The minimum Gasteiger partial charge on any atom is -0.491 e. The minimum absolute atomic E-state index is 0.331. The van der Waals surface area contributed by atoms with Crippen molar-refractivity contribution in [2.45, 2.75) is 25.0 Å². The molecule has 19 heavy (non-hydrogen) atoms. The standard InChI is InChI=1S/C15H23NO3/c1-16(13-7-9-18-10-8-13)11-14(17)12-19-15-5-3-2-4-6-15/h2-6,13-14,17H,7-12H2,1H3. The number of aliphatic hydroxyl groups is 1. The van der Waals surface area contributed by atoms with E-state index in [1.165, 1.54) is 0 Å². The largest absolute Gasteiger partial charge is 0.491 e. The van der Waals surface area contributed by atoms with Crippen molar-refractivity contribution in [3.05, 3.63) is 30.3 Å². The molecule has 1 aliphatic heterocycles. The summed E-state index contributed by atoms with van der Waals surface area (Å²) in [4.78, 5) is 2.21. The second-order valence-corrected chi connectivity index (χ2v) is 5.06. The van der Waals surface area contributed by atoms with Crippen molar-refractivity contribution in [1.82, 2.24) is 4.90 Å². The zero-order chi connectivity index (χ0) is 13.5. The molecule has 4 nitrogen and oxygen atoms in total. The normalized spacial score (nSPS) is 18.5. The zero-order valence-electron chi connectivity index (χ0n) is 11.5. The molecule has 1 aromatic carbocycles. The first-order valence-electron chi connectivity index (χ1n) is 6.89. The van der Waals surface area contributed by atoms with Crippen LogP contribution in [0.5, 0.6) is 5.75 Å². The van der Waals surface area contributed by atoms with E-state index in [0.717, 1.165) is 31.8 Å². The van der Waals surface area contributed by atoms with Gasteiger partial charge in [0.15, 0.2) is 0 Å². The summed E-state index contributed by atoms with van der Waals surface area (Å²) in [6, 6.07) is 10.1. The van der Waals surface area contributed by atoms with Crippen molar-refractivity contribution >= 4 is 0 Å². The molecule has 1 N–H and O–H groups in total. The first kappa shape index (κ1) is 14.3. The summed E-state index contributed by atoms with van der Waals surface area (Å²) < 4.78 is 10.9. The number of ether oxygens (including phenoxy) is 2. The Bertz CT molecular complexity index is 352. The van der Waals surface area contributed by atoms with Gasteiger partial charge in [0.05, 0.1) is 0 Å². The molecule has 0 saturated carbocycles. The number of nitrogens with zero attached hydrogens (tertiary/aromatic N) is 1. The molecule has 1 atom stereocenters. The summed E-state index contributed by atoms with van der Waals surface area (Å²) >= 11 is 0. The van der Waals surface area contributed by atoms with Crippen molar-refractivity contribution in [3.8, 4) is 5.75 Å². The Morgan fingerprint density at radius 1 is 1.32 bits per heavy atom. The van der Waals surface area contributed by atoms with Crippen LogP contribution in [0, 0.1) is 0 Å². The number of likely N-dealkylation sites (N-methyl/N-ethyl adjacent to an activating group) is 1. The predicted molar refractivity (Wildman–Crippen MR) is 74.4 cm³/mol. The van der Waals surface area contributed by atoms with E-state index in [2.05, 4.69) is 11.9 Å². The lowest BCUT2D eigenvalue weighted by Gasteiger charge is -2.32. The number of aliphatic hydroxyl groups excluding tert-OH is 1. The van der Waals surface area contributed by atoms with E-state index in [9.17, 15) is 5.11 Å². The Balaban J connectivity index is 1.70. The average molecular weight is 265 g/mol. The summed E-state index contributed by atoms with van der Waals surface area (Å²) in [5.41, 5.74) is 0. The van der Waals surface area contributed by atoms with Gasteiger partial charge < -0.3 is 19.5 Å². The Kier molecular flexibility index (Phi) is 5.63. The Morgan fingerprint density at radius 2 is 2.00 bits per heavy atom. The summed E-state index contributed by atoms with van der Waals surface area (Å²) in [6.07, 6.45) is 1.62. The molecule has 0 amide bonds. The zero-order valence-corrected chi connectivity index (χ0v) is 11.5. The third-order valence-corrected chi connectivity index (χ3v) is 3.50. The highest BCUT2D eigenvalue weighted by Crippen LogP contribution is 2.13. The van der Waals surface area contributed by atoms with Crippen LogP contribution < -0.4 is 4.74 Å². The van der Waals surface area contributed by atoms with E-state index < -0.39 is 6.10 Å². The Hall–Kier alpha value is -1.10. The van der Waals surface area contributed by atoms with Gasteiger partial charge in [0.2, 0.25) is 0 Å². The molecule has 1 unspecified atom stereocenters. The van der Waals surface area contributed by atoms with E-state index in [1.54, 1.807) is 0 Å². The maximum absolute atomic E-state index is 10.0. The maximum atomic E-state index is 10.0. The van der Waals surface area contributed by atoms with Gasteiger partial charge in [0.25, 0.3) is 0 Å². The van der Waals surface area contributed by atoms with Gasteiger partial charge in [0.1, 0.15) is 18.5 Å². The van der Waals surface area contributed by atoms with Crippen molar-refractivity contribution in [1.29, 1.82) is 0 Å². The van der Waals surface area contributed by atoms with Crippen LogP contribution in [0.1, 0.15) is 12.8 Å². The van der Waals surface area contributed by atoms with Crippen LogP contribution in [-0.2, 0) is 4.74 Å². The molecule has 0 aromatic heterocycles. The van der Waals surface area contributed by atoms with Crippen LogP contribution >= 0.6 is 0 Å². The molecule has 106 valence electrons. The average Bonchev–Trinajstić information content (AvgIpc) is 2.47. The lowest BCUT2D eigenvalue weighted by atomic mass is 10.1. The SMILES string of the molecule is CN(CC(O)COc1ccccc1)C1CCOCC1. The molecular weight excluding hydrogens is 242 g/mol. The summed E-state index contributed by atoms with van der Waals surface area (Å²) in [6.45, 7) is 2.62. The number of para-hydroxylation sites is 1. The van der Waals surface area contributed by atoms with Crippen LogP contribution in [0.4, 0.5) is 0 Å². The predicted octanol–water partition coefficient (Wildman–Crippen LogP) is 1.54. The molecule has 1 aliphatic rings. The van der Waals surface area contributed by atoms with Gasteiger partial charge in [-0.2, -0.15) is 0 Å². The van der Waals surface area contributed by atoms with Crippen LogP contribution in [0.2, 0.25) is 0 Å². The molecule has 0 bridgehead atoms.